The number of methoxy groups -OCH3 is 1. The van der Waals surface area contributed by atoms with Crippen LogP contribution in [0.5, 0.6) is 0 Å². The fourth-order valence-electron chi connectivity index (χ4n) is 3.21. The number of aryl methyl sites for hydroxylation is 1. The lowest BCUT2D eigenvalue weighted by molar-refractivity contribution is 0.0600. The summed E-state index contributed by atoms with van der Waals surface area (Å²) < 4.78 is 6.49. The van der Waals surface area contributed by atoms with E-state index in [0.29, 0.717) is 12.1 Å². The Kier molecular flexibility index (Phi) is 4.20. The number of nitrogens with zero attached hydrogens (tertiary/aromatic N) is 2. The van der Waals surface area contributed by atoms with E-state index < -0.39 is 0 Å². The zero-order chi connectivity index (χ0) is 18.3. The molecule has 1 aromatic carbocycles. The maximum Gasteiger partial charge on any atom is 0.337 e. The van der Waals surface area contributed by atoms with E-state index in [1.54, 1.807) is 28.0 Å². The zero-order valence-corrected chi connectivity index (χ0v) is 15.4. The van der Waals surface area contributed by atoms with E-state index in [9.17, 15) is 9.59 Å². The van der Waals surface area contributed by atoms with Gasteiger partial charge in [-0.05, 0) is 48.3 Å². The van der Waals surface area contributed by atoms with Crippen molar-refractivity contribution in [3.8, 4) is 0 Å². The van der Waals surface area contributed by atoms with Crippen LogP contribution < -0.4 is 5.56 Å². The van der Waals surface area contributed by atoms with Gasteiger partial charge < -0.3 is 4.74 Å². The van der Waals surface area contributed by atoms with Crippen LogP contribution in [0.15, 0.2) is 35.1 Å². The molecule has 1 aliphatic heterocycles. The highest BCUT2D eigenvalue weighted by Gasteiger charge is 2.22. The molecule has 3 aromatic rings. The molecule has 0 N–H and O–H groups in total. The largest absolute Gasteiger partial charge is 0.465 e. The number of carbonyl (C=O) groups is 1. The molecular weight excluding hydrogens is 348 g/mol. The zero-order valence-electron chi connectivity index (χ0n) is 14.6. The molecule has 5 nitrogen and oxygen atoms in total. The third kappa shape index (κ3) is 2.76. The van der Waals surface area contributed by atoms with Crippen molar-refractivity contribution in [2.24, 2.45) is 0 Å². The van der Waals surface area contributed by atoms with Crippen LogP contribution in [-0.2, 0) is 17.7 Å². The summed E-state index contributed by atoms with van der Waals surface area (Å²) in [6.45, 7) is 2.74. The third-order valence-electron chi connectivity index (χ3n) is 4.62. The molecule has 0 radical (unpaired) electrons. The molecule has 0 spiro atoms. The lowest BCUT2D eigenvalue weighted by Gasteiger charge is -2.03. The van der Waals surface area contributed by atoms with E-state index in [1.807, 2.05) is 24.3 Å². The Labute approximate surface area is 154 Å². The first-order valence-electron chi connectivity index (χ1n) is 8.53. The smallest absolute Gasteiger partial charge is 0.337 e. The Balaban J connectivity index is 1.75. The standard InChI is InChI=1S/C20H18N2O3S/c1-3-15-11-16-18(26-15)21-17-14(8-9-22(17)19(16)23)10-12-4-6-13(7-5-12)20(24)25-2/h4-7,10-11H,3,8-9H2,1-2H3. The molecule has 2 aromatic heterocycles. The van der Waals surface area contributed by atoms with Gasteiger partial charge in [0, 0.05) is 11.4 Å². The van der Waals surface area contributed by atoms with Crippen LogP contribution >= 0.6 is 11.3 Å². The van der Waals surface area contributed by atoms with Crippen molar-refractivity contribution >= 4 is 39.2 Å². The van der Waals surface area contributed by atoms with Gasteiger partial charge >= 0.3 is 5.97 Å². The first kappa shape index (κ1) is 16.7. The van der Waals surface area contributed by atoms with E-state index >= 15 is 0 Å². The number of benzene rings is 1. The molecule has 3 heterocycles. The molecule has 0 atom stereocenters. The minimum absolute atomic E-state index is 0.0467. The van der Waals surface area contributed by atoms with Crippen LogP contribution in [0.3, 0.4) is 0 Å². The SMILES string of the molecule is CCc1cc2c(=O)n3c(nc2s1)C(=Cc1ccc(C(=O)OC)cc1)CC3. The van der Waals surface area contributed by atoms with E-state index in [2.05, 4.69) is 6.92 Å². The topological polar surface area (TPSA) is 61.2 Å². The quantitative estimate of drug-likeness (QED) is 0.663. The van der Waals surface area contributed by atoms with Gasteiger partial charge in [-0.3, -0.25) is 9.36 Å². The number of allylic oxidation sites excluding steroid dienone is 1. The van der Waals surface area contributed by atoms with Gasteiger partial charge in [0.25, 0.3) is 5.56 Å². The van der Waals surface area contributed by atoms with Gasteiger partial charge in [-0.2, -0.15) is 0 Å². The van der Waals surface area contributed by atoms with E-state index in [1.165, 1.54) is 12.0 Å². The fourth-order valence-corrected chi connectivity index (χ4v) is 4.17. The molecule has 0 unspecified atom stereocenters. The number of hydrogen-bond donors (Lipinski definition) is 0. The van der Waals surface area contributed by atoms with Crippen molar-refractivity contribution in [3.63, 3.8) is 0 Å². The highest BCUT2D eigenvalue weighted by molar-refractivity contribution is 7.18. The first-order valence-corrected chi connectivity index (χ1v) is 9.35. The maximum absolute atomic E-state index is 12.8. The van der Waals surface area contributed by atoms with Gasteiger partial charge in [0.1, 0.15) is 10.7 Å². The van der Waals surface area contributed by atoms with Crippen LogP contribution in [-0.4, -0.2) is 22.6 Å². The first-order chi connectivity index (χ1) is 12.6. The molecule has 0 saturated carbocycles. The van der Waals surface area contributed by atoms with Gasteiger partial charge in [-0.15, -0.1) is 11.3 Å². The Morgan fingerprint density at radius 1 is 1.35 bits per heavy atom. The molecule has 4 rings (SSSR count). The van der Waals surface area contributed by atoms with Crippen LogP contribution in [0.25, 0.3) is 21.9 Å². The Hall–Kier alpha value is -2.73. The van der Waals surface area contributed by atoms with E-state index in [-0.39, 0.29) is 11.5 Å². The predicted molar refractivity (Wildman–Crippen MR) is 104 cm³/mol. The van der Waals surface area contributed by atoms with Crippen LogP contribution in [0.2, 0.25) is 0 Å². The summed E-state index contributed by atoms with van der Waals surface area (Å²) in [5.74, 6) is 0.402. The summed E-state index contributed by atoms with van der Waals surface area (Å²) in [5.41, 5.74) is 2.57. The number of thiophene rings is 1. The number of rotatable bonds is 3. The second-order valence-corrected chi connectivity index (χ2v) is 7.33. The van der Waals surface area contributed by atoms with Crippen molar-refractivity contribution in [1.82, 2.24) is 9.55 Å². The molecular formula is C20H18N2O3S. The molecule has 0 saturated heterocycles. The molecule has 132 valence electrons. The Bertz CT molecular complexity index is 1090. The molecule has 0 fully saturated rings. The summed E-state index contributed by atoms with van der Waals surface area (Å²) in [5, 5.41) is 0.722. The average Bonchev–Trinajstić information content (AvgIpc) is 3.26. The van der Waals surface area contributed by atoms with Crippen LogP contribution in [0, 0.1) is 0 Å². The minimum Gasteiger partial charge on any atom is -0.465 e. The monoisotopic (exact) mass is 366 g/mol. The number of ether oxygens (including phenoxy) is 1. The number of fused-ring (bicyclic) bond motifs is 2. The predicted octanol–water partition coefficient (Wildman–Crippen LogP) is 3.75. The Morgan fingerprint density at radius 2 is 2.12 bits per heavy atom. The van der Waals surface area contributed by atoms with Crippen molar-refractivity contribution in [1.29, 1.82) is 0 Å². The third-order valence-corrected chi connectivity index (χ3v) is 5.79. The van der Waals surface area contributed by atoms with E-state index in [0.717, 1.165) is 40.0 Å². The summed E-state index contributed by atoms with van der Waals surface area (Å²) in [6, 6.07) is 9.20. The summed E-state index contributed by atoms with van der Waals surface area (Å²) in [6.07, 6.45) is 3.72. The average molecular weight is 366 g/mol. The van der Waals surface area contributed by atoms with Gasteiger partial charge in [0.05, 0.1) is 18.1 Å². The van der Waals surface area contributed by atoms with E-state index in [4.69, 9.17) is 9.72 Å². The number of carbonyl (C=O) groups excluding carboxylic acids is 1. The molecule has 0 amide bonds. The highest BCUT2D eigenvalue weighted by atomic mass is 32.1. The summed E-state index contributed by atoms with van der Waals surface area (Å²) in [7, 11) is 1.37. The lowest BCUT2D eigenvalue weighted by Crippen LogP contribution is -2.19. The number of aromatic nitrogens is 2. The second-order valence-electron chi connectivity index (χ2n) is 6.21. The van der Waals surface area contributed by atoms with Crippen LogP contribution in [0.1, 0.15) is 40.0 Å². The van der Waals surface area contributed by atoms with Crippen molar-refractivity contribution < 1.29 is 9.53 Å². The number of esters is 1. The summed E-state index contributed by atoms with van der Waals surface area (Å²) in [4.78, 5) is 31.0. The molecule has 26 heavy (non-hydrogen) atoms. The second kappa shape index (κ2) is 6.53. The summed E-state index contributed by atoms with van der Waals surface area (Å²) >= 11 is 1.59. The molecule has 1 aliphatic rings. The Morgan fingerprint density at radius 3 is 2.81 bits per heavy atom. The van der Waals surface area contributed by atoms with Crippen LogP contribution in [0.4, 0.5) is 0 Å². The van der Waals surface area contributed by atoms with Crippen molar-refractivity contribution in [3.05, 3.63) is 62.5 Å². The van der Waals surface area contributed by atoms with Gasteiger partial charge in [-0.1, -0.05) is 19.1 Å². The van der Waals surface area contributed by atoms with Gasteiger partial charge in [0.15, 0.2) is 0 Å². The molecule has 0 aliphatic carbocycles. The minimum atomic E-state index is -0.351. The van der Waals surface area contributed by atoms with Gasteiger partial charge in [-0.25, -0.2) is 9.78 Å². The normalized spacial score (nSPS) is 14.8. The molecule has 0 bridgehead atoms. The lowest BCUT2D eigenvalue weighted by atomic mass is 10.1. The highest BCUT2D eigenvalue weighted by Crippen LogP contribution is 2.30. The van der Waals surface area contributed by atoms with Crippen molar-refractivity contribution in [2.75, 3.05) is 7.11 Å². The maximum atomic E-state index is 12.8. The number of hydrogen-bond acceptors (Lipinski definition) is 5. The molecule has 6 heteroatoms. The van der Waals surface area contributed by atoms with Crippen molar-refractivity contribution in [2.45, 2.75) is 26.3 Å². The fraction of sp³-hybridized carbons (Fsp3) is 0.250. The van der Waals surface area contributed by atoms with Gasteiger partial charge in [0.2, 0.25) is 0 Å².